The molecule has 0 radical (unpaired) electrons. The Hall–Kier alpha value is -0.380. The predicted molar refractivity (Wildman–Crippen MR) is 71.5 cm³/mol. The van der Waals surface area contributed by atoms with Crippen molar-refractivity contribution in [1.82, 2.24) is 10.2 Å². The highest BCUT2D eigenvalue weighted by Gasteiger charge is 2.21. The highest BCUT2D eigenvalue weighted by Crippen LogP contribution is 2.16. The fraction of sp³-hybridized carbons (Fsp3) is 0.538. The lowest BCUT2D eigenvalue weighted by Gasteiger charge is -2.37. The molecular formula is C13H19BrN2. The van der Waals surface area contributed by atoms with E-state index in [1.165, 1.54) is 10.0 Å². The van der Waals surface area contributed by atoms with E-state index >= 15 is 0 Å². The van der Waals surface area contributed by atoms with Crippen LogP contribution in [0.4, 0.5) is 0 Å². The Morgan fingerprint density at radius 1 is 1.44 bits per heavy atom. The minimum atomic E-state index is 0.600. The van der Waals surface area contributed by atoms with Crippen molar-refractivity contribution in [2.24, 2.45) is 0 Å². The number of halogens is 1. The van der Waals surface area contributed by atoms with Gasteiger partial charge in [-0.25, -0.2) is 0 Å². The van der Waals surface area contributed by atoms with Crippen LogP contribution in [0.3, 0.4) is 0 Å². The lowest BCUT2D eigenvalue weighted by molar-refractivity contribution is 0.139. The van der Waals surface area contributed by atoms with E-state index in [-0.39, 0.29) is 0 Å². The first kappa shape index (κ1) is 12.1. The maximum Gasteiger partial charge on any atom is 0.0238 e. The summed E-state index contributed by atoms with van der Waals surface area (Å²) in [6, 6.07) is 9.81. The van der Waals surface area contributed by atoms with Crippen molar-refractivity contribution in [1.29, 1.82) is 0 Å². The molecule has 0 spiro atoms. The topological polar surface area (TPSA) is 15.3 Å². The Bertz CT molecular complexity index is 354. The lowest BCUT2D eigenvalue weighted by Crippen LogP contribution is -2.53. The third-order valence-electron chi connectivity index (χ3n) is 3.17. The Morgan fingerprint density at radius 3 is 3.00 bits per heavy atom. The zero-order valence-corrected chi connectivity index (χ0v) is 11.5. The maximum atomic E-state index is 3.52. The molecule has 1 aromatic carbocycles. The molecule has 1 aromatic rings. The van der Waals surface area contributed by atoms with E-state index < -0.39 is 0 Å². The number of hydrogen-bond donors (Lipinski definition) is 1. The zero-order valence-electron chi connectivity index (χ0n) is 9.91. The Balaban J connectivity index is 2.02. The van der Waals surface area contributed by atoms with Crippen LogP contribution >= 0.6 is 15.9 Å². The smallest absolute Gasteiger partial charge is 0.0238 e. The molecular weight excluding hydrogens is 264 g/mol. The third kappa shape index (κ3) is 3.06. The van der Waals surface area contributed by atoms with Crippen molar-refractivity contribution >= 4 is 15.9 Å². The third-order valence-corrected chi connectivity index (χ3v) is 3.66. The molecule has 1 aliphatic rings. The molecule has 2 nitrogen and oxygen atoms in total. The molecule has 3 heteroatoms. The van der Waals surface area contributed by atoms with Crippen LogP contribution in [-0.4, -0.2) is 30.1 Å². The van der Waals surface area contributed by atoms with E-state index in [0.717, 1.165) is 19.6 Å². The highest BCUT2D eigenvalue weighted by molar-refractivity contribution is 9.10. The monoisotopic (exact) mass is 282 g/mol. The van der Waals surface area contributed by atoms with E-state index in [1.807, 2.05) is 0 Å². The minimum Gasteiger partial charge on any atom is -0.311 e. The molecule has 2 unspecified atom stereocenters. The van der Waals surface area contributed by atoms with Crippen LogP contribution < -0.4 is 5.32 Å². The summed E-state index contributed by atoms with van der Waals surface area (Å²) in [6.07, 6.45) is 0. The van der Waals surface area contributed by atoms with Gasteiger partial charge in [0, 0.05) is 36.2 Å². The van der Waals surface area contributed by atoms with E-state index in [9.17, 15) is 0 Å². The first-order valence-electron chi connectivity index (χ1n) is 5.87. The predicted octanol–water partition coefficient (Wildman–Crippen LogP) is 2.63. The minimum absolute atomic E-state index is 0.600. The lowest BCUT2D eigenvalue weighted by atomic mass is 10.1. The normalized spacial score (nSPS) is 26.9. The molecule has 2 rings (SSSR count). The van der Waals surface area contributed by atoms with Crippen molar-refractivity contribution < 1.29 is 0 Å². The number of benzene rings is 1. The zero-order chi connectivity index (χ0) is 11.5. The summed E-state index contributed by atoms with van der Waals surface area (Å²) < 4.78 is 1.17. The Kier molecular flexibility index (Phi) is 4.00. The second kappa shape index (κ2) is 5.30. The van der Waals surface area contributed by atoms with Crippen molar-refractivity contribution in [2.75, 3.05) is 13.1 Å². The van der Waals surface area contributed by atoms with Crippen molar-refractivity contribution in [3.63, 3.8) is 0 Å². The van der Waals surface area contributed by atoms with Gasteiger partial charge in [-0.2, -0.15) is 0 Å². The van der Waals surface area contributed by atoms with Gasteiger partial charge in [-0.15, -0.1) is 0 Å². The van der Waals surface area contributed by atoms with Gasteiger partial charge in [-0.1, -0.05) is 28.1 Å². The average Bonchev–Trinajstić information content (AvgIpc) is 2.24. The SMILES string of the molecule is CC1CN(Cc2cccc(Br)c2)C(C)CN1. The molecule has 0 bridgehead atoms. The molecule has 0 saturated carbocycles. The summed E-state index contributed by atoms with van der Waals surface area (Å²) in [5, 5.41) is 3.51. The van der Waals surface area contributed by atoms with E-state index in [0.29, 0.717) is 12.1 Å². The summed E-state index contributed by atoms with van der Waals surface area (Å²) in [4.78, 5) is 2.54. The van der Waals surface area contributed by atoms with Gasteiger partial charge >= 0.3 is 0 Å². The number of piperazine rings is 1. The van der Waals surface area contributed by atoms with Crippen LogP contribution in [-0.2, 0) is 6.54 Å². The van der Waals surface area contributed by atoms with Crippen LogP contribution in [0.1, 0.15) is 19.4 Å². The largest absolute Gasteiger partial charge is 0.311 e. The first-order chi connectivity index (χ1) is 7.65. The summed E-state index contributed by atoms with van der Waals surface area (Å²) in [6.45, 7) is 7.81. The van der Waals surface area contributed by atoms with Crippen molar-refractivity contribution in [3.8, 4) is 0 Å². The fourth-order valence-electron chi connectivity index (χ4n) is 2.19. The summed E-state index contributed by atoms with van der Waals surface area (Å²) in [5.74, 6) is 0. The molecule has 1 N–H and O–H groups in total. The van der Waals surface area contributed by atoms with Crippen molar-refractivity contribution in [3.05, 3.63) is 34.3 Å². The molecule has 1 heterocycles. The van der Waals surface area contributed by atoms with E-state index in [1.54, 1.807) is 0 Å². The van der Waals surface area contributed by atoms with Gasteiger partial charge < -0.3 is 5.32 Å². The van der Waals surface area contributed by atoms with Gasteiger partial charge in [0.15, 0.2) is 0 Å². The van der Waals surface area contributed by atoms with Gasteiger partial charge in [-0.05, 0) is 31.5 Å². The summed E-state index contributed by atoms with van der Waals surface area (Å²) >= 11 is 3.52. The van der Waals surface area contributed by atoms with Crippen molar-refractivity contribution in [2.45, 2.75) is 32.5 Å². The molecule has 1 fully saturated rings. The molecule has 16 heavy (non-hydrogen) atoms. The maximum absolute atomic E-state index is 3.52. The summed E-state index contributed by atoms with van der Waals surface area (Å²) in [7, 11) is 0. The van der Waals surface area contributed by atoms with Gasteiger partial charge in [0.05, 0.1) is 0 Å². The Morgan fingerprint density at radius 2 is 2.25 bits per heavy atom. The van der Waals surface area contributed by atoms with Crippen LogP contribution in [0.25, 0.3) is 0 Å². The molecule has 0 amide bonds. The molecule has 1 aliphatic heterocycles. The number of nitrogens with zero attached hydrogens (tertiary/aromatic N) is 1. The first-order valence-corrected chi connectivity index (χ1v) is 6.66. The van der Waals surface area contributed by atoms with E-state index in [4.69, 9.17) is 0 Å². The molecule has 2 atom stereocenters. The van der Waals surface area contributed by atoms with Gasteiger partial charge in [-0.3, -0.25) is 4.90 Å². The van der Waals surface area contributed by atoms with Crippen LogP contribution in [0.2, 0.25) is 0 Å². The number of rotatable bonds is 2. The highest BCUT2D eigenvalue weighted by atomic mass is 79.9. The quantitative estimate of drug-likeness (QED) is 0.897. The number of hydrogen-bond acceptors (Lipinski definition) is 2. The van der Waals surface area contributed by atoms with Gasteiger partial charge in [0.25, 0.3) is 0 Å². The Labute approximate surface area is 106 Å². The van der Waals surface area contributed by atoms with Crippen LogP contribution in [0.15, 0.2) is 28.7 Å². The molecule has 0 aromatic heterocycles. The number of nitrogens with one attached hydrogen (secondary N) is 1. The van der Waals surface area contributed by atoms with Crippen LogP contribution in [0, 0.1) is 0 Å². The molecule has 88 valence electrons. The summed E-state index contributed by atoms with van der Waals surface area (Å²) in [5.41, 5.74) is 1.38. The van der Waals surface area contributed by atoms with Crippen LogP contribution in [0.5, 0.6) is 0 Å². The second-order valence-corrected chi connectivity index (χ2v) is 5.63. The second-order valence-electron chi connectivity index (χ2n) is 4.72. The molecule has 0 aliphatic carbocycles. The molecule has 1 saturated heterocycles. The van der Waals surface area contributed by atoms with Gasteiger partial charge in [0.1, 0.15) is 0 Å². The average molecular weight is 283 g/mol. The van der Waals surface area contributed by atoms with E-state index in [2.05, 4.69) is 64.3 Å². The fourth-order valence-corrected chi connectivity index (χ4v) is 2.63. The van der Waals surface area contributed by atoms with Gasteiger partial charge in [0.2, 0.25) is 0 Å². The standard InChI is InChI=1S/C13H19BrN2/c1-10-8-16(11(2)7-15-10)9-12-4-3-5-13(14)6-12/h3-6,10-11,15H,7-9H2,1-2H3.